The molecule has 1 fully saturated rings. The second kappa shape index (κ2) is 3.63. The van der Waals surface area contributed by atoms with Crippen LogP contribution >= 0.6 is 0 Å². The highest BCUT2D eigenvalue weighted by molar-refractivity contribution is 6.00. The molecule has 0 radical (unpaired) electrons. The molecule has 1 aromatic carbocycles. The largest absolute Gasteiger partial charge is 0.399 e. The van der Waals surface area contributed by atoms with Crippen molar-refractivity contribution in [2.75, 3.05) is 5.73 Å². The van der Waals surface area contributed by atoms with E-state index in [0.717, 1.165) is 12.8 Å². The predicted molar refractivity (Wildman–Crippen MR) is 60.7 cm³/mol. The zero-order chi connectivity index (χ0) is 11.8. The summed E-state index contributed by atoms with van der Waals surface area (Å²) in [5, 5.41) is 0. The number of nitrogens with two attached hydrogens (primary N) is 2. The molecule has 1 amide bonds. The molecule has 4 heteroatoms. The smallest absolute Gasteiger partial charge is 0.224 e. The number of Topliss-reactive ketones (excluding diaryl/α,β-unsaturated/α-hetero) is 1. The molecule has 0 heterocycles. The second-order valence-corrected chi connectivity index (χ2v) is 4.37. The van der Waals surface area contributed by atoms with E-state index in [4.69, 9.17) is 11.5 Å². The van der Waals surface area contributed by atoms with Gasteiger partial charge in [0.2, 0.25) is 5.91 Å². The monoisotopic (exact) mass is 218 g/mol. The lowest BCUT2D eigenvalue weighted by Crippen LogP contribution is -2.27. The molecule has 1 saturated carbocycles. The lowest BCUT2D eigenvalue weighted by molar-refractivity contribution is -0.123. The number of hydrogen-bond acceptors (Lipinski definition) is 3. The van der Waals surface area contributed by atoms with Crippen LogP contribution in [0.2, 0.25) is 0 Å². The summed E-state index contributed by atoms with van der Waals surface area (Å²) < 4.78 is 0. The van der Waals surface area contributed by atoms with Crippen LogP contribution in [0.4, 0.5) is 5.69 Å². The molecule has 0 spiro atoms. The normalized spacial score (nSPS) is 16.8. The summed E-state index contributed by atoms with van der Waals surface area (Å²) in [6.45, 7) is 0. The zero-order valence-electron chi connectivity index (χ0n) is 8.90. The van der Waals surface area contributed by atoms with Crippen LogP contribution in [0.5, 0.6) is 0 Å². The summed E-state index contributed by atoms with van der Waals surface area (Å²) in [6.07, 6.45) is 1.64. The van der Waals surface area contributed by atoms with Gasteiger partial charge >= 0.3 is 0 Å². The predicted octanol–water partition coefficient (Wildman–Crippen LogP) is 1.11. The molecule has 0 aromatic heterocycles. The molecule has 2 rings (SSSR count). The van der Waals surface area contributed by atoms with Crippen LogP contribution < -0.4 is 11.5 Å². The summed E-state index contributed by atoms with van der Waals surface area (Å²) in [4.78, 5) is 23.1. The fraction of sp³-hybridized carbons (Fsp3) is 0.333. The van der Waals surface area contributed by atoms with E-state index in [-0.39, 0.29) is 18.1 Å². The molecule has 0 aliphatic heterocycles. The first kappa shape index (κ1) is 10.7. The lowest BCUT2D eigenvalue weighted by atomic mass is 9.95. The fourth-order valence-corrected chi connectivity index (χ4v) is 1.78. The third-order valence-electron chi connectivity index (χ3n) is 3.08. The van der Waals surface area contributed by atoms with Crippen molar-refractivity contribution in [3.05, 3.63) is 29.8 Å². The van der Waals surface area contributed by atoms with Crippen molar-refractivity contribution in [3.8, 4) is 0 Å². The minimum absolute atomic E-state index is 0.0661. The van der Waals surface area contributed by atoms with Gasteiger partial charge in [0.15, 0.2) is 5.78 Å². The van der Waals surface area contributed by atoms with E-state index in [2.05, 4.69) is 0 Å². The lowest BCUT2D eigenvalue weighted by Gasteiger charge is -2.09. The van der Waals surface area contributed by atoms with Crippen molar-refractivity contribution in [3.63, 3.8) is 0 Å². The van der Waals surface area contributed by atoms with Gasteiger partial charge in [0, 0.05) is 17.7 Å². The van der Waals surface area contributed by atoms with Crippen molar-refractivity contribution in [2.24, 2.45) is 11.1 Å². The van der Waals surface area contributed by atoms with Gasteiger partial charge in [-0.2, -0.15) is 0 Å². The Labute approximate surface area is 93.6 Å². The second-order valence-electron chi connectivity index (χ2n) is 4.37. The molecule has 0 saturated heterocycles. The van der Waals surface area contributed by atoms with Gasteiger partial charge in [0.25, 0.3) is 0 Å². The number of primary amides is 1. The van der Waals surface area contributed by atoms with Crippen molar-refractivity contribution in [1.29, 1.82) is 0 Å². The number of carbonyl (C=O) groups is 2. The molecule has 0 bridgehead atoms. The summed E-state index contributed by atoms with van der Waals surface area (Å²) >= 11 is 0. The molecule has 0 atom stereocenters. The SMILES string of the molecule is NC(=O)C1(CC(=O)c2cccc(N)c2)CC1. The molecule has 4 nitrogen and oxygen atoms in total. The highest BCUT2D eigenvalue weighted by Crippen LogP contribution is 2.49. The molecule has 84 valence electrons. The third kappa shape index (κ3) is 1.91. The van der Waals surface area contributed by atoms with Crippen LogP contribution in [0.1, 0.15) is 29.6 Å². The molecular formula is C12H14N2O2. The summed E-state index contributed by atoms with van der Waals surface area (Å²) in [5.41, 5.74) is 11.4. The van der Waals surface area contributed by atoms with Crippen LogP contribution in [-0.2, 0) is 4.79 Å². The number of ketones is 1. The Morgan fingerprint density at radius 1 is 1.31 bits per heavy atom. The number of anilines is 1. The molecule has 1 aliphatic rings. The molecule has 16 heavy (non-hydrogen) atoms. The van der Waals surface area contributed by atoms with Gasteiger partial charge < -0.3 is 11.5 Å². The molecular weight excluding hydrogens is 204 g/mol. The number of hydrogen-bond donors (Lipinski definition) is 2. The van der Waals surface area contributed by atoms with Crippen LogP contribution in [-0.4, -0.2) is 11.7 Å². The van der Waals surface area contributed by atoms with E-state index in [1.54, 1.807) is 24.3 Å². The van der Waals surface area contributed by atoms with Gasteiger partial charge in [0.1, 0.15) is 0 Å². The molecule has 0 unspecified atom stereocenters. The minimum atomic E-state index is -0.582. The Kier molecular flexibility index (Phi) is 2.42. The van der Waals surface area contributed by atoms with Crippen LogP contribution in [0.25, 0.3) is 0 Å². The van der Waals surface area contributed by atoms with E-state index in [0.29, 0.717) is 11.3 Å². The maximum absolute atomic E-state index is 11.9. The molecule has 1 aromatic rings. The van der Waals surface area contributed by atoms with E-state index >= 15 is 0 Å². The number of rotatable bonds is 4. The van der Waals surface area contributed by atoms with Gasteiger partial charge in [-0.1, -0.05) is 12.1 Å². The van der Waals surface area contributed by atoms with Gasteiger partial charge in [-0.05, 0) is 25.0 Å². The highest BCUT2D eigenvalue weighted by atomic mass is 16.2. The first-order chi connectivity index (χ1) is 7.53. The van der Waals surface area contributed by atoms with Crippen molar-refractivity contribution >= 4 is 17.4 Å². The van der Waals surface area contributed by atoms with E-state index < -0.39 is 5.41 Å². The van der Waals surface area contributed by atoms with E-state index in [1.165, 1.54) is 0 Å². The van der Waals surface area contributed by atoms with E-state index in [1.807, 2.05) is 0 Å². The Morgan fingerprint density at radius 2 is 2.00 bits per heavy atom. The number of carbonyl (C=O) groups excluding carboxylic acids is 2. The first-order valence-electron chi connectivity index (χ1n) is 5.22. The third-order valence-corrected chi connectivity index (χ3v) is 3.08. The van der Waals surface area contributed by atoms with Gasteiger partial charge in [-0.3, -0.25) is 9.59 Å². The average molecular weight is 218 g/mol. The number of amides is 1. The Balaban J connectivity index is 2.12. The van der Waals surface area contributed by atoms with Crippen molar-refractivity contribution in [1.82, 2.24) is 0 Å². The quantitative estimate of drug-likeness (QED) is 0.586. The molecule has 4 N–H and O–H groups in total. The van der Waals surface area contributed by atoms with Crippen molar-refractivity contribution in [2.45, 2.75) is 19.3 Å². The zero-order valence-corrected chi connectivity index (χ0v) is 8.90. The topological polar surface area (TPSA) is 86.2 Å². The maximum atomic E-state index is 11.9. The summed E-state index contributed by atoms with van der Waals surface area (Å²) in [5.74, 6) is -0.437. The fourth-order valence-electron chi connectivity index (χ4n) is 1.78. The Hall–Kier alpha value is -1.84. The van der Waals surface area contributed by atoms with Crippen molar-refractivity contribution < 1.29 is 9.59 Å². The van der Waals surface area contributed by atoms with Crippen LogP contribution in [0.15, 0.2) is 24.3 Å². The van der Waals surface area contributed by atoms with Crippen LogP contribution in [0.3, 0.4) is 0 Å². The molecule has 1 aliphatic carbocycles. The number of nitrogen functional groups attached to an aromatic ring is 1. The Morgan fingerprint density at radius 3 is 2.50 bits per heavy atom. The van der Waals surface area contributed by atoms with Gasteiger partial charge in [-0.15, -0.1) is 0 Å². The van der Waals surface area contributed by atoms with Crippen LogP contribution in [0, 0.1) is 5.41 Å². The summed E-state index contributed by atoms with van der Waals surface area (Å²) in [7, 11) is 0. The maximum Gasteiger partial charge on any atom is 0.224 e. The minimum Gasteiger partial charge on any atom is -0.399 e. The van der Waals surface area contributed by atoms with E-state index in [9.17, 15) is 9.59 Å². The Bertz CT molecular complexity index is 450. The highest BCUT2D eigenvalue weighted by Gasteiger charge is 2.49. The standard InChI is InChI=1S/C12H14N2O2/c13-9-3-1-2-8(6-9)10(15)7-12(4-5-12)11(14)16/h1-3,6H,4-5,7,13H2,(H2,14,16). The van der Waals surface area contributed by atoms with Gasteiger partial charge in [-0.25, -0.2) is 0 Å². The average Bonchev–Trinajstić information content (AvgIpc) is 2.99. The first-order valence-corrected chi connectivity index (χ1v) is 5.22. The summed E-state index contributed by atoms with van der Waals surface area (Å²) in [6, 6.07) is 6.78. The van der Waals surface area contributed by atoms with Gasteiger partial charge in [0.05, 0.1) is 5.41 Å². The number of benzene rings is 1.